The molecule has 1 aliphatic heterocycles. The van der Waals surface area contributed by atoms with Crippen molar-refractivity contribution in [2.24, 2.45) is 0 Å². The van der Waals surface area contributed by atoms with Crippen LogP contribution < -0.4 is 4.90 Å². The minimum absolute atomic E-state index is 0.126. The van der Waals surface area contributed by atoms with Crippen LogP contribution >= 0.6 is 0 Å². The van der Waals surface area contributed by atoms with E-state index in [4.69, 9.17) is 0 Å². The third-order valence-corrected chi connectivity index (χ3v) is 3.36. The van der Waals surface area contributed by atoms with Crippen molar-refractivity contribution in [2.75, 3.05) is 11.4 Å². The molecule has 0 aliphatic carbocycles. The van der Waals surface area contributed by atoms with Gasteiger partial charge in [0.1, 0.15) is 5.82 Å². The summed E-state index contributed by atoms with van der Waals surface area (Å²) in [6.45, 7) is 6.52. The fourth-order valence-electron chi connectivity index (χ4n) is 2.75. The van der Waals surface area contributed by atoms with E-state index in [-0.39, 0.29) is 11.9 Å². The first kappa shape index (κ1) is 12.4. The van der Waals surface area contributed by atoms with Crippen molar-refractivity contribution in [1.29, 1.82) is 0 Å². The molecule has 0 fully saturated rings. The zero-order chi connectivity index (χ0) is 12.6. The lowest BCUT2D eigenvalue weighted by molar-refractivity contribution is 0.0635. The second kappa shape index (κ2) is 4.30. The van der Waals surface area contributed by atoms with E-state index in [9.17, 15) is 9.50 Å². The Kier molecular flexibility index (Phi) is 3.13. The number of rotatable bonds is 3. The molecule has 0 saturated carbocycles. The van der Waals surface area contributed by atoms with Crippen molar-refractivity contribution in [3.05, 3.63) is 29.6 Å². The summed E-state index contributed by atoms with van der Waals surface area (Å²) in [7, 11) is 0. The minimum atomic E-state index is -0.712. The van der Waals surface area contributed by atoms with Gasteiger partial charge in [-0.2, -0.15) is 0 Å². The zero-order valence-electron chi connectivity index (χ0n) is 10.7. The average Bonchev–Trinajstić information content (AvgIpc) is 2.54. The molecule has 1 aromatic rings. The van der Waals surface area contributed by atoms with Crippen LogP contribution in [0.5, 0.6) is 0 Å². The summed E-state index contributed by atoms with van der Waals surface area (Å²) in [5.41, 5.74) is 1.07. The lowest BCUT2D eigenvalue weighted by atomic mass is 9.96. The largest absolute Gasteiger partial charge is 0.390 e. The van der Waals surface area contributed by atoms with Crippen LogP contribution in [0.25, 0.3) is 0 Å². The molecule has 1 atom stereocenters. The van der Waals surface area contributed by atoms with Gasteiger partial charge in [0.15, 0.2) is 0 Å². The zero-order valence-corrected chi connectivity index (χ0v) is 10.7. The summed E-state index contributed by atoms with van der Waals surface area (Å²) >= 11 is 0. The molecule has 2 rings (SSSR count). The summed E-state index contributed by atoms with van der Waals surface area (Å²) in [5.74, 6) is -0.126. The number of halogens is 1. The summed E-state index contributed by atoms with van der Waals surface area (Å²) < 4.78 is 13.7. The molecule has 94 valence electrons. The maximum atomic E-state index is 13.7. The smallest absolute Gasteiger partial charge is 0.128 e. The van der Waals surface area contributed by atoms with E-state index >= 15 is 0 Å². The van der Waals surface area contributed by atoms with Crippen molar-refractivity contribution in [1.82, 2.24) is 0 Å². The van der Waals surface area contributed by atoms with E-state index in [0.29, 0.717) is 12.8 Å². The quantitative estimate of drug-likeness (QED) is 0.873. The molecule has 3 heteroatoms. The second-order valence-corrected chi connectivity index (χ2v) is 5.40. The minimum Gasteiger partial charge on any atom is -0.390 e. The number of hydrogen-bond acceptors (Lipinski definition) is 2. The topological polar surface area (TPSA) is 23.5 Å². The molecule has 0 aromatic heterocycles. The second-order valence-electron chi connectivity index (χ2n) is 5.40. The van der Waals surface area contributed by atoms with E-state index in [0.717, 1.165) is 17.8 Å². The Hall–Kier alpha value is -1.09. The number of benzene rings is 1. The maximum absolute atomic E-state index is 13.7. The first-order valence-corrected chi connectivity index (χ1v) is 6.19. The van der Waals surface area contributed by atoms with Crippen molar-refractivity contribution in [2.45, 2.75) is 45.3 Å². The average molecular weight is 237 g/mol. The molecular formula is C14H20FNO. The number of anilines is 1. The number of fused-ring (bicyclic) bond motifs is 1. The highest BCUT2D eigenvalue weighted by Crippen LogP contribution is 2.36. The highest BCUT2D eigenvalue weighted by atomic mass is 19.1. The van der Waals surface area contributed by atoms with Crippen LogP contribution in [0, 0.1) is 5.82 Å². The van der Waals surface area contributed by atoms with Gasteiger partial charge in [0.25, 0.3) is 0 Å². The summed E-state index contributed by atoms with van der Waals surface area (Å²) in [6.07, 6.45) is 1.36. The van der Waals surface area contributed by atoms with Crippen LogP contribution in [0.2, 0.25) is 0 Å². The van der Waals surface area contributed by atoms with Crippen LogP contribution in [0.4, 0.5) is 10.1 Å². The van der Waals surface area contributed by atoms with Gasteiger partial charge in [-0.25, -0.2) is 4.39 Å². The number of nitrogens with zero attached hydrogens (tertiary/aromatic N) is 1. The summed E-state index contributed by atoms with van der Waals surface area (Å²) in [6, 6.07) is 5.43. The fraction of sp³-hybridized carbons (Fsp3) is 0.571. The number of likely N-dealkylation sites (N-methyl/N-ethyl adjacent to an activating group) is 1. The van der Waals surface area contributed by atoms with Crippen LogP contribution in [0.3, 0.4) is 0 Å². The van der Waals surface area contributed by atoms with Crippen LogP contribution in [0.15, 0.2) is 18.2 Å². The van der Waals surface area contributed by atoms with Crippen molar-refractivity contribution in [3.8, 4) is 0 Å². The molecule has 0 amide bonds. The van der Waals surface area contributed by atoms with Gasteiger partial charge in [0.2, 0.25) is 0 Å². The Morgan fingerprint density at radius 2 is 2.18 bits per heavy atom. The SMILES string of the molecule is CCN1c2cccc(F)c2CC1CC(C)(C)O. The van der Waals surface area contributed by atoms with E-state index in [1.165, 1.54) is 6.07 Å². The standard InChI is InChI=1S/C14H20FNO/c1-4-16-10(9-14(2,3)17)8-11-12(15)6-5-7-13(11)16/h5-7,10,17H,4,8-9H2,1-3H3. The summed E-state index contributed by atoms with van der Waals surface area (Å²) in [5, 5.41) is 9.92. The van der Waals surface area contributed by atoms with Crippen molar-refractivity contribution in [3.63, 3.8) is 0 Å². The highest BCUT2D eigenvalue weighted by Gasteiger charge is 2.33. The molecule has 2 nitrogen and oxygen atoms in total. The first-order chi connectivity index (χ1) is 7.92. The highest BCUT2D eigenvalue weighted by molar-refractivity contribution is 5.59. The Bertz CT molecular complexity index is 411. The molecule has 0 spiro atoms. The predicted molar refractivity (Wildman–Crippen MR) is 67.8 cm³/mol. The lowest BCUT2D eigenvalue weighted by Crippen LogP contribution is -2.38. The fourth-order valence-corrected chi connectivity index (χ4v) is 2.75. The molecule has 1 unspecified atom stereocenters. The molecule has 1 heterocycles. The van der Waals surface area contributed by atoms with Gasteiger partial charge in [-0.15, -0.1) is 0 Å². The van der Waals surface area contributed by atoms with E-state index in [1.807, 2.05) is 6.07 Å². The Morgan fingerprint density at radius 3 is 2.76 bits per heavy atom. The molecule has 0 radical (unpaired) electrons. The van der Waals surface area contributed by atoms with Gasteiger partial charge in [-0.1, -0.05) is 6.07 Å². The Balaban J connectivity index is 2.28. The predicted octanol–water partition coefficient (Wildman–Crippen LogP) is 2.74. The van der Waals surface area contributed by atoms with Gasteiger partial charge in [0, 0.05) is 23.8 Å². The molecule has 0 bridgehead atoms. The van der Waals surface area contributed by atoms with Gasteiger partial charge >= 0.3 is 0 Å². The van der Waals surface area contributed by atoms with E-state index < -0.39 is 5.60 Å². The van der Waals surface area contributed by atoms with Crippen molar-refractivity contribution < 1.29 is 9.50 Å². The van der Waals surface area contributed by atoms with Gasteiger partial charge in [-0.3, -0.25) is 0 Å². The lowest BCUT2D eigenvalue weighted by Gasteiger charge is -2.30. The van der Waals surface area contributed by atoms with Gasteiger partial charge in [0.05, 0.1) is 5.60 Å². The normalized spacial score (nSPS) is 19.6. The number of aliphatic hydroxyl groups is 1. The van der Waals surface area contributed by atoms with Crippen LogP contribution in [0.1, 0.15) is 32.8 Å². The molecule has 1 N–H and O–H groups in total. The molecule has 1 aromatic carbocycles. The van der Waals surface area contributed by atoms with Gasteiger partial charge in [-0.05, 0) is 45.7 Å². The first-order valence-electron chi connectivity index (χ1n) is 6.19. The third-order valence-electron chi connectivity index (χ3n) is 3.36. The molecule has 17 heavy (non-hydrogen) atoms. The van der Waals surface area contributed by atoms with Crippen molar-refractivity contribution >= 4 is 5.69 Å². The van der Waals surface area contributed by atoms with Crippen LogP contribution in [-0.2, 0) is 6.42 Å². The molecular weight excluding hydrogens is 217 g/mol. The van der Waals surface area contributed by atoms with Gasteiger partial charge < -0.3 is 10.0 Å². The van der Waals surface area contributed by atoms with E-state index in [1.54, 1.807) is 19.9 Å². The Labute approximate surface area is 102 Å². The van der Waals surface area contributed by atoms with E-state index in [2.05, 4.69) is 11.8 Å². The number of hydrogen-bond donors (Lipinski definition) is 1. The van der Waals surface area contributed by atoms with Crippen LogP contribution in [-0.4, -0.2) is 23.3 Å². The summed E-state index contributed by atoms with van der Waals surface area (Å²) in [4.78, 5) is 2.19. The molecule has 0 saturated heterocycles. The molecule has 1 aliphatic rings. The Morgan fingerprint density at radius 1 is 1.47 bits per heavy atom. The maximum Gasteiger partial charge on any atom is 0.128 e. The third kappa shape index (κ3) is 2.44. The monoisotopic (exact) mass is 237 g/mol.